The summed E-state index contributed by atoms with van der Waals surface area (Å²) in [6.45, 7) is 2.44. The van der Waals surface area contributed by atoms with Crippen LogP contribution in [-0.4, -0.2) is 45.2 Å². The molecule has 1 aliphatic rings. The number of nitrogens with zero attached hydrogens (tertiary/aromatic N) is 2. The summed E-state index contributed by atoms with van der Waals surface area (Å²) >= 11 is 10.5. The van der Waals surface area contributed by atoms with E-state index in [0.717, 1.165) is 22.6 Å². The Morgan fingerprint density at radius 3 is 2.71 bits per heavy atom. The maximum atomic E-state index is 10.7. The van der Waals surface area contributed by atoms with E-state index < -0.39 is 12.1 Å². The van der Waals surface area contributed by atoms with Crippen molar-refractivity contribution in [1.29, 1.82) is 0 Å². The van der Waals surface area contributed by atoms with E-state index >= 15 is 0 Å². The van der Waals surface area contributed by atoms with E-state index in [1.807, 2.05) is 47.4 Å². The first-order valence-electron chi connectivity index (χ1n) is 10.4. The number of carboxylic acids is 1. The van der Waals surface area contributed by atoms with Gasteiger partial charge in [0.1, 0.15) is 5.75 Å². The minimum absolute atomic E-state index is 0. The van der Waals surface area contributed by atoms with E-state index in [1.54, 1.807) is 11.1 Å². The molecule has 34 heavy (non-hydrogen) atoms. The van der Waals surface area contributed by atoms with Crippen LogP contribution in [0.3, 0.4) is 0 Å². The Hall–Kier alpha value is -2.15. The number of H-pyrrole nitrogens is 2. The van der Waals surface area contributed by atoms with Crippen molar-refractivity contribution >= 4 is 41.8 Å². The van der Waals surface area contributed by atoms with Gasteiger partial charge in [-0.2, -0.15) is 0 Å². The van der Waals surface area contributed by atoms with Crippen molar-refractivity contribution in [3.8, 4) is 11.4 Å². The van der Waals surface area contributed by atoms with E-state index in [-0.39, 0.29) is 42.7 Å². The first kappa shape index (κ1) is 26.5. The van der Waals surface area contributed by atoms with Gasteiger partial charge in [-0.1, -0.05) is 6.07 Å². The van der Waals surface area contributed by atoms with E-state index in [2.05, 4.69) is 15.5 Å². The molecule has 1 aliphatic heterocycles. The second-order valence-electron chi connectivity index (χ2n) is 7.59. The van der Waals surface area contributed by atoms with Crippen molar-refractivity contribution in [2.24, 2.45) is 0 Å². The van der Waals surface area contributed by atoms with Crippen molar-refractivity contribution in [2.75, 3.05) is 23.5 Å². The number of anilines is 2. The molecule has 0 amide bonds. The fourth-order valence-corrected chi connectivity index (χ4v) is 4.31. The summed E-state index contributed by atoms with van der Waals surface area (Å²) in [5.74, 6) is -0.412. The molecule has 0 saturated carbocycles. The molecular formula is C22H23N5NaO4S2. The van der Waals surface area contributed by atoms with Gasteiger partial charge < -0.3 is 30.0 Å². The fourth-order valence-electron chi connectivity index (χ4n) is 3.75. The van der Waals surface area contributed by atoms with Crippen LogP contribution in [-0.2, 0) is 11.2 Å². The standard InChI is InChI=1S/C22H24N5O4S2.Na/c28-17-9-14-10-18(6-7-19(14)26(12-17)8-2-5-20(29)30)31-13-23-15-3-1-4-16(11-15)27-21(32)24-25-22(27)33;/h1,3-4,6-7,10-12,17,23,28H,2,5,8-9,13H2,(H,24,32)(H,25,33)(H,29,30);/q;+1/p-1. The van der Waals surface area contributed by atoms with E-state index in [1.165, 1.54) is 0 Å². The van der Waals surface area contributed by atoms with Crippen LogP contribution in [0.1, 0.15) is 18.4 Å². The van der Waals surface area contributed by atoms with Gasteiger partial charge in [0.25, 0.3) is 0 Å². The molecular weight excluding hydrogens is 485 g/mol. The van der Waals surface area contributed by atoms with Crippen molar-refractivity contribution in [3.63, 3.8) is 0 Å². The molecule has 9 nitrogen and oxygen atoms in total. The van der Waals surface area contributed by atoms with Crippen LogP contribution in [0.25, 0.3) is 5.69 Å². The molecule has 12 heteroatoms. The minimum atomic E-state index is -1.08. The largest absolute Gasteiger partial charge is 1.00 e. The molecule has 0 aliphatic carbocycles. The van der Waals surface area contributed by atoms with Crippen LogP contribution in [0.15, 0.2) is 42.5 Å². The number of nitrogens with one attached hydrogen (secondary N) is 3. The monoisotopic (exact) mass is 508 g/mol. The molecule has 4 N–H and O–H groups in total. The molecule has 2 aromatic carbocycles. The number of carbonyl (C=O) groups excluding carboxylic acids is 1. The van der Waals surface area contributed by atoms with Gasteiger partial charge in [-0.25, -0.2) is 0 Å². The number of carbonyl (C=O) groups is 1. The van der Waals surface area contributed by atoms with Gasteiger partial charge >= 0.3 is 29.6 Å². The molecule has 3 aromatic rings. The number of aliphatic hydroxyl groups excluding tert-OH is 1. The third-order valence-electron chi connectivity index (χ3n) is 5.22. The van der Waals surface area contributed by atoms with Gasteiger partial charge in [-0.3, -0.25) is 14.8 Å². The van der Waals surface area contributed by atoms with Gasteiger partial charge in [-0.05, 0) is 79.2 Å². The summed E-state index contributed by atoms with van der Waals surface area (Å²) in [7, 11) is 0. The second kappa shape index (κ2) is 12.0. The number of aromatic amines is 2. The fraction of sp³-hybridized carbons (Fsp3) is 0.273. The Morgan fingerprint density at radius 1 is 1.21 bits per heavy atom. The predicted octanol–water partition coefficient (Wildman–Crippen LogP) is -0.540. The Kier molecular flexibility index (Phi) is 9.34. The molecule has 1 unspecified atom stereocenters. The normalized spacial score (nSPS) is 14.7. The van der Waals surface area contributed by atoms with Crippen molar-refractivity contribution in [2.45, 2.75) is 25.4 Å². The van der Waals surface area contributed by atoms with Crippen LogP contribution in [0.5, 0.6) is 5.75 Å². The maximum absolute atomic E-state index is 10.7. The SMILES string of the molecule is O=C([O-])CCCN1[CH]C(O)Cc2cc(OCNc3cccc(-n4c(=S)[nH][nH]c4=S)c3)ccc21.[Na+]. The second-order valence-corrected chi connectivity index (χ2v) is 8.36. The number of fused-ring (bicyclic) bond motifs is 1. The Labute approximate surface area is 229 Å². The number of aromatic nitrogens is 3. The molecule has 1 radical (unpaired) electrons. The average molecular weight is 509 g/mol. The number of rotatable bonds is 9. The molecule has 1 atom stereocenters. The molecule has 0 saturated heterocycles. The Morgan fingerprint density at radius 2 is 1.97 bits per heavy atom. The van der Waals surface area contributed by atoms with Crippen LogP contribution in [0.4, 0.5) is 11.4 Å². The van der Waals surface area contributed by atoms with Gasteiger partial charge in [-0.15, -0.1) is 0 Å². The molecule has 0 spiro atoms. The summed E-state index contributed by atoms with van der Waals surface area (Å²) in [4.78, 5) is 12.6. The molecule has 2 heterocycles. The number of carboxylic acid groups (broad SMARTS) is 1. The van der Waals surface area contributed by atoms with Crippen LogP contribution < -0.4 is 49.6 Å². The first-order valence-corrected chi connectivity index (χ1v) is 11.2. The number of hydrogen-bond acceptors (Lipinski definition) is 8. The molecule has 173 valence electrons. The smallest absolute Gasteiger partial charge is 0.550 e. The summed E-state index contributed by atoms with van der Waals surface area (Å²) in [5, 5.41) is 29.7. The third-order valence-corrected chi connectivity index (χ3v) is 5.79. The van der Waals surface area contributed by atoms with Crippen LogP contribution in [0, 0.1) is 16.1 Å². The topological polar surface area (TPSA) is 121 Å². The summed E-state index contributed by atoms with van der Waals surface area (Å²) < 4.78 is 8.56. The van der Waals surface area contributed by atoms with Crippen molar-refractivity contribution < 1.29 is 49.3 Å². The average Bonchev–Trinajstić information content (AvgIpc) is 3.11. The van der Waals surface area contributed by atoms with E-state index in [0.29, 0.717) is 34.7 Å². The number of aliphatic hydroxyl groups is 1. The number of ether oxygens (including phenoxy) is 1. The zero-order valence-corrected chi connectivity index (χ0v) is 22.2. The van der Waals surface area contributed by atoms with E-state index in [9.17, 15) is 15.0 Å². The van der Waals surface area contributed by atoms with E-state index in [4.69, 9.17) is 29.2 Å². The number of benzene rings is 2. The van der Waals surface area contributed by atoms with Gasteiger partial charge in [0.05, 0.1) is 18.3 Å². The molecule has 4 rings (SSSR count). The Balaban J connectivity index is 0.00000324. The zero-order chi connectivity index (χ0) is 23.4. The quantitative estimate of drug-likeness (QED) is 0.173. The van der Waals surface area contributed by atoms with Gasteiger partial charge in [0.15, 0.2) is 16.3 Å². The molecule has 1 aromatic heterocycles. The van der Waals surface area contributed by atoms with Crippen molar-refractivity contribution in [1.82, 2.24) is 14.8 Å². The Bertz CT molecular complexity index is 1230. The summed E-state index contributed by atoms with van der Waals surface area (Å²) in [6.07, 6.45) is 0.247. The molecule has 0 fully saturated rings. The summed E-state index contributed by atoms with van der Waals surface area (Å²) in [5.41, 5.74) is 3.54. The van der Waals surface area contributed by atoms with Crippen LogP contribution in [0.2, 0.25) is 0 Å². The molecule has 0 bridgehead atoms. The number of hydrogen-bond donors (Lipinski definition) is 4. The van der Waals surface area contributed by atoms with Crippen LogP contribution >= 0.6 is 24.4 Å². The first-order chi connectivity index (χ1) is 15.9. The maximum Gasteiger partial charge on any atom is 1.00 e. The summed E-state index contributed by atoms with van der Waals surface area (Å²) in [6, 6.07) is 13.3. The van der Waals surface area contributed by atoms with Gasteiger partial charge in [0, 0.05) is 30.3 Å². The predicted molar refractivity (Wildman–Crippen MR) is 127 cm³/mol. The number of aliphatic carboxylic acids is 1. The third kappa shape index (κ3) is 6.49. The zero-order valence-electron chi connectivity index (χ0n) is 18.6. The van der Waals surface area contributed by atoms with Gasteiger partial charge in [0.2, 0.25) is 0 Å². The van der Waals surface area contributed by atoms with Crippen molar-refractivity contribution in [3.05, 3.63) is 64.1 Å². The minimum Gasteiger partial charge on any atom is -0.550 e.